The Morgan fingerprint density at radius 2 is 1.91 bits per heavy atom. The molecule has 0 saturated carbocycles. The summed E-state index contributed by atoms with van der Waals surface area (Å²) in [5.74, 6) is 0. The van der Waals surface area contributed by atoms with Crippen LogP contribution in [0, 0.1) is 0 Å². The third kappa shape index (κ3) is 7.20. The number of rotatable bonds is 4. The maximum Gasteiger partial charge on any atom is 1.00 e. The predicted molar refractivity (Wildman–Crippen MR) is 35.0 cm³/mol. The molecule has 11 heavy (non-hydrogen) atoms. The second kappa shape index (κ2) is 6.36. The van der Waals surface area contributed by atoms with Crippen molar-refractivity contribution >= 4 is 10.1 Å². The third-order valence-corrected chi connectivity index (χ3v) is 1.88. The quantitative estimate of drug-likeness (QED) is 0.314. The molecule has 0 aromatic rings. The molecular weight excluding hydrogens is 183 g/mol. The second-order valence-corrected chi connectivity index (χ2v) is 3.41. The van der Waals surface area contributed by atoms with Crippen molar-refractivity contribution in [2.45, 2.75) is 18.3 Å². The number of aliphatic hydroxyl groups excluding tert-OH is 2. The van der Waals surface area contributed by atoms with E-state index in [1.54, 1.807) is 0 Å². The molecule has 0 aliphatic heterocycles. The van der Waals surface area contributed by atoms with Crippen LogP contribution in [0.25, 0.3) is 0 Å². The van der Waals surface area contributed by atoms with Crippen molar-refractivity contribution in [3.8, 4) is 0 Å². The zero-order valence-electron chi connectivity index (χ0n) is 7.27. The third-order valence-electron chi connectivity index (χ3n) is 0.953. The molecule has 0 amide bonds. The van der Waals surface area contributed by atoms with Crippen molar-refractivity contribution in [3.63, 3.8) is 0 Å². The molecule has 0 aromatic heterocycles. The Kier molecular flexibility index (Phi) is 8.30. The molecule has 0 spiro atoms. The van der Waals surface area contributed by atoms with E-state index in [9.17, 15) is 8.42 Å². The van der Waals surface area contributed by atoms with Crippen LogP contribution in [0.5, 0.6) is 0 Å². The minimum atomic E-state index is -4.33. The van der Waals surface area contributed by atoms with E-state index in [-0.39, 0.29) is 50.4 Å². The topological polar surface area (TPSA) is 94.8 Å². The Labute approximate surface area is 88.9 Å². The molecular formula is C4H11NaO5S. The van der Waals surface area contributed by atoms with Crippen LogP contribution in [0.4, 0.5) is 0 Å². The van der Waals surface area contributed by atoms with Gasteiger partial charge in [0, 0.05) is 6.61 Å². The van der Waals surface area contributed by atoms with Crippen LogP contribution in [0.2, 0.25) is 0 Å². The van der Waals surface area contributed by atoms with Gasteiger partial charge in [0.2, 0.25) is 0 Å². The molecule has 7 heteroatoms. The molecule has 0 saturated heterocycles. The number of aliphatic hydroxyl groups is 2. The average molecular weight is 194 g/mol. The van der Waals surface area contributed by atoms with Crippen molar-refractivity contribution in [3.05, 3.63) is 0 Å². The smallest absolute Gasteiger partial charge is 1.00 e. The van der Waals surface area contributed by atoms with Crippen molar-refractivity contribution in [1.82, 2.24) is 0 Å². The van der Waals surface area contributed by atoms with Gasteiger partial charge in [0.25, 0.3) is 10.1 Å². The Morgan fingerprint density at radius 1 is 1.45 bits per heavy atom. The maximum atomic E-state index is 10.1. The Balaban J connectivity index is -0.000000405. The van der Waals surface area contributed by atoms with Crippen LogP contribution in [-0.2, 0) is 10.1 Å². The monoisotopic (exact) mass is 194 g/mol. The summed E-state index contributed by atoms with van der Waals surface area (Å²) >= 11 is 0. The first-order valence-corrected chi connectivity index (χ1v) is 4.24. The van der Waals surface area contributed by atoms with E-state index in [0.717, 1.165) is 0 Å². The fraction of sp³-hybridized carbons (Fsp3) is 1.00. The minimum Gasteiger partial charge on any atom is -1.00 e. The molecule has 1 unspecified atom stereocenters. The average Bonchev–Trinajstić information content (AvgIpc) is 1.80. The first-order chi connectivity index (χ1) is 4.48. The van der Waals surface area contributed by atoms with Crippen LogP contribution in [-0.4, -0.2) is 35.2 Å². The molecule has 0 heterocycles. The Morgan fingerprint density at radius 3 is 2.18 bits per heavy atom. The number of hydrogen-bond acceptors (Lipinski definition) is 4. The van der Waals surface area contributed by atoms with Crippen LogP contribution in [0.1, 0.15) is 14.3 Å². The van der Waals surface area contributed by atoms with Crippen molar-refractivity contribution in [1.29, 1.82) is 0 Å². The van der Waals surface area contributed by atoms with Crippen molar-refractivity contribution in [2.75, 3.05) is 6.61 Å². The SMILES string of the molecule is O=S(=O)(O)C(O)CCCO.[H-].[Na+]. The maximum absolute atomic E-state index is 10.1. The molecule has 0 radical (unpaired) electrons. The molecule has 1 atom stereocenters. The van der Waals surface area contributed by atoms with Gasteiger partial charge in [-0.15, -0.1) is 0 Å². The van der Waals surface area contributed by atoms with Gasteiger partial charge in [-0.2, -0.15) is 8.42 Å². The van der Waals surface area contributed by atoms with E-state index >= 15 is 0 Å². The second-order valence-electron chi connectivity index (χ2n) is 1.84. The van der Waals surface area contributed by atoms with Gasteiger partial charge in [-0.05, 0) is 12.8 Å². The summed E-state index contributed by atoms with van der Waals surface area (Å²) in [4.78, 5) is 0. The Bertz CT molecular complexity index is 182. The standard InChI is InChI=1S/C4H10O5S.Na.H/c5-3-1-2-4(6)10(7,8)9;;/h4-6H,1-3H2,(H,7,8,9);;/q;+1;-1. The molecule has 0 aliphatic carbocycles. The van der Waals surface area contributed by atoms with Gasteiger partial charge in [0.05, 0.1) is 0 Å². The zero-order valence-corrected chi connectivity index (χ0v) is 9.08. The molecule has 0 fully saturated rings. The van der Waals surface area contributed by atoms with E-state index in [2.05, 4.69) is 0 Å². The van der Waals surface area contributed by atoms with Gasteiger partial charge >= 0.3 is 29.6 Å². The molecule has 3 N–H and O–H groups in total. The molecule has 0 bridgehead atoms. The molecule has 64 valence electrons. The van der Waals surface area contributed by atoms with Gasteiger partial charge in [-0.3, -0.25) is 4.55 Å². The van der Waals surface area contributed by atoms with E-state index < -0.39 is 15.6 Å². The van der Waals surface area contributed by atoms with Crippen LogP contribution in [0.3, 0.4) is 0 Å². The first-order valence-electron chi connectivity index (χ1n) is 2.73. The van der Waals surface area contributed by atoms with Crippen molar-refractivity contribution in [2.24, 2.45) is 0 Å². The van der Waals surface area contributed by atoms with Gasteiger partial charge in [-0.25, -0.2) is 0 Å². The van der Waals surface area contributed by atoms with Gasteiger partial charge in [0.15, 0.2) is 5.44 Å². The minimum absolute atomic E-state index is 0. The fourth-order valence-corrected chi connectivity index (χ4v) is 0.879. The van der Waals surface area contributed by atoms with E-state index in [4.69, 9.17) is 14.8 Å². The van der Waals surface area contributed by atoms with Gasteiger partial charge in [-0.1, -0.05) is 0 Å². The summed E-state index contributed by atoms with van der Waals surface area (Å²) in [5, 5.41) is 16.8. The van der Waals surface area contributed by atoms with Crippen LogP contribution >= 0.6 is 0 Å². The molecule has 5 nitrogen and oxygen atoms in total. The summed E-state index contributed by atoms with van der Waals surface area (Å²) in [6.07, 6.45) is 0.0102. The summed E-state index contributed by atoms with van der Waals surface area (Å²) in [5.41, 5.74) is -1.76. The zero-order chi connectivity index (χ0) is 8.20. The predicted octanol–water partition coefficient (Wildman–Crippen LogP) is -3.92. The largest absolute Gasteiger partial charge is 1.00 e. The Hall–Kier alpha value is 0.830. The number of hydrogen-bond donors (Lipinski definition) is 3. The van der Waals surface area contributed by atoms with Crippen LogP contribution < -0.4 is 29.6 Å². The summed E-state index contributed by atoms with van der Waals surface area (Å²) < 4.78 is 28.3. The normalized spacial score (nSPS) is 13.7. The first kappa shape index (κ1) is 14.4. The molecule has 0 aliphatic rings. The molecule has 0 aromatic carbocycles. The summed E-state index contributed by atoms with van der Waals surface area (Å²) in [6, 6.07) is 0. The van der Waals surface area contributed by atoms with Crippen LogP contribution in [0.15, 0.2) is 0 Å². The van der Waals surface area contributed by atoms with E-state index in [1.807, 2.05) is 0 Å². The summed E-state index contributed by atoms with van der Waals surface area (Å²) in [6.45, 7) is -0.202. The molecule has 0 rings (SSSR count). The van der Waals surface area contributed by atoms with Crippen molar-refractivity contribution < 1.29 is 54.2 Å². The van der Waals surface area contributed by atoms with Gasteiger partial charge < -0.3 is 11.6 Å². The fourth-order valence-electron chi connectivity index (χ4n) is 0.415. The van der Waals surface area contributed by atoms with Gasteiger partial charge in [0.1, 0.15) is 0 Å². The van der Waals surface area contributed by atoms with E-state index in [0.29, 0.717) is 0 Å². The summed E-state index contributed by atoms with van der Waals surface area (Å²) in [7, 11) is -4.33. The van der Waals surface area contributed by atoms with E-state index in [1.165, 1.54) is 0 Å².